The van der Waals surface area contributed by atoms with Gasteiger partial charge in [0.05, 0.1) is 5.69 Å². The van der Waals surface area contributed by atoms with Gasteiger partial charge in [0, 0.05) is 22.9 Å². The zero-order valence-corrected chi connectivity index (χ0v) is 14.8. The van der Waals surface area contributed by atoms with Gasteiger partial charge in [0.1, 0.15) is 5.82 Å². The Morgan fingerprint density at radius 1 is 1.10 bits per heavy atom. The van der Waals surface area contributed by atoms with Gasteiger partial charge in [-0.3, -0.25) is 0 Å². The number of rotatable bonds is 7. The first-order chi connectivity index (χ1) is 9.20. The lowest BCUT2D eigenvalue weighted by atomic mass is 9.79. The molecule has 0 fully saturated rings. The van der Waals surface area contributed by atoms with Crippen LogP contribution in [0.25, 0.3) is 0 Å². The number of aromatic nitrogens is 2. The Morgan fingerprint density at radius 2 is 1.70 bits per heavy atom. The number of imidazole rings is 1. The highest BCUT2D eigenvalue weighted by Gasteiger charge is 2.30. The summed E-state index contributed by atoms with van der Waals surface area (Å²) in [6.45, 7) is 18.3. The normalized spacial score (nSPS) is 14.3. The maximum atomic E-state index is 4.98. The van der Waals surface area contributed by atoms with E-state index in [9.17, 15) is 0 Å². The van der Waals surface area contributed by atoms with Crippen molar-refractivity contribution in [1.29, 1.82) is 0 Å². The Balaban J connectivity index is 3.21. The van der Waals surface area contributed by atoms with Crippen LogP contribution in [0.2, 0.25) is 0 Å². The minimum absolute atomic E-state index is 0.165. The highest BCUT2D eigenvalue weighted by molar-refractivity contribution is 5.27. The van der Waals surface area contributed by atoms with Gasteiger partial charge in [0.15, 0.2) is 0 Å². The van der Waals surface area contributed by atoms with Gasteiger partial charge in [0.2, 0.25) is 0 Å². The third-order valence-corrected chi connectivity index (χ3v) is 4.55. The minimum Gasteiger partial charge on any atom is -0.345 e. The molecule has 1 unspecified atom stereocenters. The Kier molecular flexibility index (Phi) is 5.85. The van der Waals surface area contributed by atoms with E-state index in [4.69, 9.17) is 4.98 Å². The van der Waals surface area contributed by atoms with Gasteiger partial charge in [-0.15, -0.1) is 0 Å². The van der Waals surface area contributed by atoms with Crippen LogP contribution >= 0.6 is 0 Å². The number of nitrogens with one attached hydrogen (secondary N) is 1. The van der Waals surface area contributed by atoms with Crippen molar-refractivity contribution < 1.29 is 0 Å². The van der Waals surface area contributed by atoms with E-state index in [-0.39, 0.29) is 5.41 Å². The number of hydrogen-bond donors (Lipinski definition) is 1. The largest absolute Gasteiger partial charge is 0.345 e. The van der Waals surface area contributed by atoms with Crippen molar-refractivity contribution in [1.82, 2.24) is 9.97 Å². The molecule has 2 heteroatoms. The van der Waals surface area contributed by atoms with Crippen LogP contribution in [-0.4, -0.2) is 9.97 Å². The molecule has 1 aromatic rings. The van der Waals surface area contributed by atoms with E-state index < -0.39 is 0 Å². The average molecular weight is 278 g/mol. The fourth-order valence-electron chi connectivity index (χ4n) is 2.60. The lowest BCUT2D eigenvalue weighted by Crippen LogP contribution is -2.21. The molecule has 0 saturated carbocycles. The van der Waals surface area contributed by atoms with Gasteiger partial charge in [-0.25, -0.2) is 4.98 Å². The molecule has 1 rings (SSSR count). The van der Waals surface area contributed by atoms with E-state index in [0.29, 0.717) is 17.8 Å². The third kappa shape index (κ3) is 3.86. The second kappa shape index (κ2) is 6.78. The SMILES string of the molecule is CCCCC(C)(C)c1nc(C(C)C)[nH]c1C(C)C(C)C. The Morgan fingerprint density at radius 3 is 2.15 bits per heavy atom. The molecule has 0 radical (unpaired) electrons. The molecule has 1 heterocycles. The number of hydrogen-bond acceptors (Lipinski definition) is 1. The summed E-state index contributed by atoms with van der Waals surface area (Å²) in [7, 11) is 0. The van der Waals surface area contributed by atoms with E-state index in [1.807, 2.05) is 0 Å². The van der Waals surface area contributed by atoms with Crippen LogP contribution in [0.3, 0.4) is 0 Å². The second-order valence-electron chi connectivity index (χ2n) is 7.56. The van der Waals surface area contributed by atoms with Crippen LogP contribution in [0, 0.1) is 5.92 Å². The van der Waals surface area contributed by atoms with Gasteiger partial charge >= 0.3 is 0 Å². The van der Waals surface area contributed by atoms with Gasteiger partial charge in [-0.2, -0.15) is 0 Å². The second-order valence-corrected chi connectivity index (χ2v) is 7.56. The lowest BCUT2D eigenvalue weighted by Gasteiger charge is -2.26. The van der Waals surface area contributed by atoms with Crippen LogP contribution in [0.1, 0.15) is 104 Å². The molecule has 0 aliphatic rings. The number of unbranched alkanes of at least 4 members (excludes halogenated alkanes) is 1. The summed E-state index contributed by atoms with van der Waals surface area (Å²) in [6, 6.07) is 0. The summed E-state index contributed by atoms with van der Waals surface area (Å²) in [5, 5.41) is 0. The lowest BCUT2D eigenvalue weighted by molar-refractivity contribution is 0.430. The monoisotopic (exact) mass is 278 g/mol. The van der Waals surface area contributed by atoms with Crippen LogP contribution in [0.4, 0.5) is 0 Å². The first-order valence-electron chi connectivity index (χ1n) is 8.31. The summed E-state index contributed by atoms with van der Waals surface area (Å²) in [6.07, 6.45) is 3.73. The smallest absolute Gasteiger partial charge is 0.109 e. The van der Waals surface area contributed by atoms with Gasteiger partial charge < -0.3 is 4.98 Å². The molecule has 2 nitrogen and oxygen atoms in total. The molecule has 0 spiro atoms. The predicted octanol–water partition coefficient (Wildman–Crippen LogP) is 5.76. The van der Waals surface area contributed by atoms with Crippen molar-refractivity contribution in [3.63, 3.8) is 0 Å². The highest BCUT2D eigenvalue weighted by Crippen LogP contribution is 2.36. The molecule has 0 aromatic carbocycles. The van der Waals surface area contributed by atoms with Crippen molar-refractivity contribution in [2.75, 3.05) is 0 Å². The van der Waals surface area contributed by atoms with Gasteiger partial charge in [-0.1, -0.05) is 68.2 Å². The molecule has 20 heavy (non-hydrogen) atoms. The van der Waals surface area contributed by atoms with E-state index >= 15 is 0 Å². The number of nitrogens with zero attached hydrogens (tertiary/aromatic N) is 1. The summed E-state index contributed by atoms with van der Waals surface area (Å²) >= 11 is 0. The molecule has 1 N–H and O–H groups in total. The molecule has 0 aliphatic heterocycles. The molecule has 0 saturated heterocycles. The zero-order chi connectivity index (χ0) is 15.5. The summed E-state index contributed by atoms with van der Waals surface area (Å²) in [5.41, 5.74) is 2.83. The first-order valence-corrected chi connectivity index (χ1v) is 8.31. The Labute approximate surface area is 125 Å². The average Bonchev–Trinajstić information content (AvgIpc) is 2.81. The molecule has 1 aromatic heterocycles. The molecular formula is C18H34N2. The van der Waals surface area contributed by atoms with Gasteiger partial charge in [-0.05, 0) is 12.3 Å². The van der Waals surface area contributed by atoms with Crippen LogP contribution in [0.5, 0.6) is 0 Å². The van der Waals surface area contributed by atoms with E-state index in [1.165, 1.54) is 30.7 Å². The highest BCUT2D eigenvalue weighted by atomic mass is 15.0. The Hall–Kier alpha value is -0.790. The third-order valence-electron chi connectivity index (χ3n) is 4.55. The van der Waals surface area contributed by atoms with Crippen LogP contribution < -0.4 is 0 Å². The summed E-state index contributed by atoms with van der Waals surface area (Å²) in [5.74, 6) is 2.78. The number of aromatic amines is 1. The van der Waals surface area contributed by atoms with E-state index in [0.717, 1.165) is 5.82 Å². The summed E-state index contributed by atoms with van der Waals surface area (Å²) in [4.78, 5) is 8.62. The maximum absolute atomic E-state index is 4.98. The quantitative estimate of drug-likeness (QED) is 0.675. The van der Waals surface area contributed by atoms with Crippen LogP contribution in [-0.2, 0) is 5.41 Å². The molecule has 0 bridgehead atoms. The predicted molar refractivity (Wildman–Crippen MR) is 88.5 cm³/mol. The van der Waals surface area contributed by atoms with E-state index in [2.05, 4.69) is 60.4 Å². The van der Waals surface area contributed by atoms with Crippen molar-refractivity contribution >= 4 is 0 Å². The van der Waals surface area contributed by atoms with Crippen molar-refractivity contribution in [3.05, 3.63) is 17.2 Å². The molecule has 116 valence electrons. The topological polar surface area (TPSA) is 28.7 Å². The summed E-state index contributed by atoms with van der Waals surface area (Å²) < 4.78 is 0. The molecule has 0 amide bonds. The van der Waals surface area contributed by atoms with Gasteiger partial charge in [0.25, 0.3) is 0 Å². The first kappa shape index (κ1) is 17.3. The van der Waals surface area contributed by atoms with Crippen molar-refractivity contribution in [3.8, 4) is 0 Å². The number of H-pyrrole nitrogens is 1. The molecular weight excluding hydrogens is 244 g/mol. The standard InChI is InChI=1S/C18H34N2/c1-9-10-11-18(7,8)16-15(14(6)12(2)3)19-17(20-16)13(4)5/h12-14H,9-11H2,1-8H3,(H,19,20). The zero-order valence-electron chi connectivity index (χ0n) is 14.8. The minimum atomic E-state index is 0.165. The van der Waals surface area contributed by atoms with Crippen molar-refractivity contribution in [2.24, 2.45) is 5.92 Å². The van der Waals surface area contributed by atoms with E-state index in [1.54, 1.807) is 0 Å². The Bertz CT molecular complexity index is 413. The van der Waals surface area contributed by atoms with Crippen molar-refractivity contribution in [2.45, 2.75) is 91.9 Å². The fraction of sp³-hybridized carbons (Fsp3) is 0.833. The molecule has 1 atom stereocenters. The van der Waals surface area contributed by atoms with Crippen LogP contribution in [0.15, 0.2) is 0 Å². The fourth-order valence-corrected chi connectivity index (χ4v) is 2.60. The maximum Gasteiger partial charge on any atom is 0.109 e. The molecule has 0 aliphatic carbocycles.